The van der Waals surface area contributed by atoms with Crippen molar-refractivity contribution in [2.45, 2.75) is 12.8 Å². The van der Waals surface area contributed by atoms with E-state index in [1.165, 1.54) is 29.8 Å². The molecule has 0 amide bonds. The minimum absolute atomic E-state index is 0.782. The molecule has 1 aliphatic rings. The Bertz CT molecular complexity index is 511. The molecule has 0 bridgehead atoms. The first kappa shape index (κ1) is 11.5. The second-order valence-corrected chi connectivity index (χ2v) is 6.01. The van der Waals surface area contributed by atoms with Gasteiger partial charge in [0.1, 0.15) is 5.00 Å². The van der Waals surface area contributed by atoms with E-state index in [-0.39, 0.29) is 0 Å². The SMILES string of the molecule is BrCC1CCCN(c2snc3ccccc23)C1. The highest BCUT2D eigenvalue weighted by Crippen LogP contribution is 2.34. The molecule has 0 N–H and O–H groups in total. The van der Waals surface area contributed by atoms with Crippen molar-refractivity contribution in [2.75, 3.05) is 23.3 Å². The zero-order valence-electron chi connectivity index (χ0n) is 9.60. The molecule has 0 aliphatic carbocycles. The van der Waals surface area contributed by atoms with E-state index in [0.29, 0.717) is 0 Å². The second kappa shape index (κ2) is 4.94. The number of rotatable bonds is 2. The van der Waals surface area contributed by atoms with Crippen molar-refractivity contribution in [1.82, 2.24) is 4.37 Å². The van der Waals surface area contributed by atoms with E-state index in [9.17, 15) is 0 Å². The molecule has 1 aliphatic heterocycles. The summed E-state index contributed by atoms with van der Waals surface area (Å²) < 4.78 is 4.53. The lowest BCUT2D eigenvalue weighted by Crippen LogP contribution is -2.35. The highest BCUT2D eigenvalue weighted by molar-refractivity contribution is 9.09. The molecule has 2 heterocycles. The quantitative estimate of drug-likeness (QED) is 0.782. The third-order valence-electron chi connectivity index (χ3n) is 3.39. The van der Waals surface area contributed by atoms with E-state index in [1.54, 1.807) is 11.5 Å². The highest BCUT2D eigenvalue weighted by atomic mass is 79.9. The second-order valence-electron chi connectivity index (χ2n) is 4.61. The molecule has 1 fully saturated rings. The summed E-state index contributed by atoms with van der Waals surface area (Å²) in [6, 6.07) is 8.45. The van der Waals surface area contributed by atoms with E-state index < -0.39 is 0 Å². The minimum Gasteiger partial charge on any atom is -0.361 e. The van der Waals surface area contributed by atoms with Crippen LogP contribution in [0.5, 0.6) is 0 Å². The molecule has 1 atom stereocenters. The van der Waals surface area contributed by atoms with Gasteiger partial charge in [-0.15, -0.1) is 0 Å². The van der Waals surface area contributed by atoms with E-state index in [2.05, 4.69) is 49.5 Å². The van der Waals surface area contributed by atoms with Crippen molar-refractivity contribution in [3.05, 3.63) is 24.3 Å². The zero-order chi connectivity index (χ0) is 11.7. The molecule has 1 saturated heterocycles. The molecule has 2 aromatic rings. The Morgan fingerprint density at radius 1 is 1.41 bits per heavy atom. The Morgan fingerprint density at radius 3 is 3.18 bits per heavy atom. The number of anilines is 1. The fourth-order valence-corrected chi connectivity index (χ4v) is 3.90. The van der Waals surface area contributed by atoms with Crippen molar-refractivity contribution in [2.24, 2.45) is 5.92 Å². The normalized spacial score (nSPS) is 21.0. The zero-order valence-corrected chi connectivity index (χ0v) is 12.0. The van der Waals surface area contributed by atoms with Crippen LogP contribution in [0.25, 0.3) is 10.9 Å². The van der Waals surface area contributed by atoms with Gasteiger partial charge in [-0.3, -0.25) is 0 Å². The van der Waals surface area contributed by atoms with Gasteiger partial charge in [0.2, 0.25) is 0 Å². The number of nitrogens with zero attached hydrogens (tertiary/aromatic N) is 2. The average molecular weight is 311 g/mol. The lowest BCUT2D eigenvalue weighted by atomic mass is 10.0. The predicted octanol–water partition coefficient (Wildman–Crippen LogP) is 3.91. The maximum absolute atomic E-state index is 4.53. The summed E-state index contributed by atoms with van der Waals surface area (Å²) in [5.74, 6) is 0.782. The van der Waals surface area contributed by atoms with Crippen LogP contribution in [0.2, 0.25) is 0 Å². The number of fused-ring (bicyclic) bond motifs is 1. The van der Waals surface area contributed by atoms with Crippen molar-refractivity contribution >= 4 is 43.4 Å². The van der Waals surface area contributed by atoms with Crippen LogP contribution in [-0.2, 0) is 0 Å². The molecule has 90 valence electrons. The molecule has 17 heavy (non-hydrogen) atoms. The Hall–Kier alpha value is -0.610. The van der Waals surface area contributed by atoms with E-state index in [0.717, 1.165) is 23.3 Å². The van der Waals surface area contributed by atoms with E-state index in [4.69, 9.17) is 0 Å². The van der Waals surface area contributed by atoms with Gasteiger partial charge in [-0.2, -0.15) is 4.37 Å². The summed E-state index contributed by atoms with van der Waals surface area (Å²) in [5.41, 5.74) is 1.13. The lowest BCUT2D eigenvalue weighted by molar-refractivity contribution is 0.457. The Balaban J connectivity index is 1.92. The lowest BCUT2D eigenvalue weighted by Gasteiger charge is -2.32. The molecule has 0 radical (unpaired) electrons. The van der Waals surface area contributed by atoms with Crippen LogP contribution < -0.4 is 4.90 Å². The largest absolute Gasteiger partial charge is 0.361 e. The highest BCUT2D eigenvalue weighted by Gasteiger charge is 2.21. The Morgan fingerprint density at radius 2 is 2.29 bits per heavy atom. The minimum atomic E-state index is 0.782. The van der Waals surface area contributed by atoms with Crippen LogP contribution in [-0.4, -0.2) is 22.8 Å². The number of hydrogen-bond acceptors (Lipinski definition) is 3. The first-order valence-corrected chi connectivity index (χ1v) is 7.93. The number of piperidine rings is 1. The van der Waals surface area contributed by atoms with Crippen molar-refractivity contribution in [1.29, 1.82) is 0 Å². The van der Waals surface area contributed by atoms with Crippen LogP contribution in [0.4, 0.5) is 5.00 Å². The smallest absolute Gasteiger partial charge is 0.119 e. The topological polar surface area (TPSA) is 16.1 Å². The first-order valence-electron chi connectivity index (χ1n) is 6.04. The standard InChI is InChI=1S/C13H15BrN2S/c14-8-10-4-3-7-16(9-10)13-11-5-1-2-6-12(11)15-17-13/h1-2,5-6,10H,3-4,7-9H2. The average Bonchev–Trinajstić information content (AvgIpc) is 2.82. The van der Waals surface area contributed by atoms with Gasteiger partial charge in [0.25, 0.3) is 0 Å². The van der Waals surface area contributed by atoms with E-state index >= 15 is 0 Å². The molecule has 0 saturated carbocycles. The molecular weight excluding hydrogens is 296 g/mol. The molecule has 4 heteroatoms. The monoisotopic (exact) mass is 310 g/mol. The van der Waals surface area contributed by atoms with Gasteiger partial charge in [-0.1, -0.05) is 28.1 Å². The maximum atomic E-state index is 4.53. The number of alkyl halides is 1. The van der Waals surface area contributed by atoms with Gasteiger partial charge in [0.15, 0.2) is 0 Å². The van der Waals surface area contributed by atoms with Gasteiger partial charge in [0, 0.05) is 23.8 Å². The number of benzene rings is 1. The Labute approximate surface area is 114 Å². The van der Waals surface area contributed by atoms with Crippen molar-refractivity contribution in [3.8, 4) is 0 Å². The van der Waals surface area contributed by atoms with Crippen molar-refractivity contribution in [3.63, 3.8) is 0 Å². The summed E-state index contributed by atoms with van der Waals surface area (Å²) in [6.45, 7) is 2.34. The van der Waals surface area contributed by atoms with Crippen LogP contribution in [0.15, 0.2) is 24.3 Å². The molecule has 0 spiro atoms. The van der Waals surface area contributed by atoms with Crippen LogP contribution in [0.3, 0.4) is 0 Å². The van der Waals surface area contributed by atoms with Gasteiger partial charge in [0.05, 0.1) is 5.52 Å². The van der Waals surface area contributed by atoms with Crippen molar-refractivity contribution < 1.29 is 0 Å². The maximum Gasteiger partial charge on any atom is 0.119 e. The summed E-state index contributed by atoms with van der Waals surface area (Å²) in [4.78, 5) is 2.51. The first-order chi connectivity index (χ1) is 8.38. The summed E-state index contributed by atoms with van der Waals surface area (Å²) >= 11 is 5.26. The summed E-state index contributed by atoms with van der Waals surface area (Å²) in [5, 5.41) is 3.78. The van der Waals surface area contributed by atoms with Crippen LogP contribution in [0, 0.1) is 5.92 Å². The number of hydrogen-bond donors (Lipinski definition) is 0. The molecular formula is C13H15BrN2S. The molecule has 3 rings (SSSR count). The van der Waals surface area contributed by atoms with E-state index in [1.807, 2.05) is 0 Å². The third-order valence-corrected chi connectivity index (χ3v) is 5.24. The number of aromatic nitrogens is 1. The van der Waals surface area contributed by atoms with Gasteiger partial charge in [-0.05, 0) is 42.4 Å². The summed E-state index contributed by atoms with van der Waals surface area (Å²) in [7, 11) is 0. The molecule has 2 nitrogen and oxygen atoms in total. The summed E-state index contributed by atoms with van der Waals surface area (Å²) in [6.07, 6.45) is 2.64. The molecule has 1 aromatic carbocycles. The van der Waals surface area contributed by atoms with Gasteiger partial charge >= 0.3 is 0 Å². The number of halogens is 1. The molecule has 1 unspecified atom stereocenters. The Kier molecular flexibility index (Phi) is 3.34. The van der Waals surface area contributed by atoms with Gasteiger partial charge < -0.3 is 4.90 Å². The predicted molar refractivity (Wildman–Crippen MR) is 78.4 cm³/mol. The van der Waals surface area contributed by atoms with Crippen LogP contribution >= 0.6 is 27.5 Å². The fraction of sp³-hybridized carbons (Fsp3) is 0.462. The van der Waals surface area contributed by atoms with Gasteiger partial charge in [-0.25, -0.2) is 0 Å². The molecule has 1 aromatic heterocycles. The third kappa shape index (κ3) is 2.20. The fourth-order valence-electron chi connectivity index (χ4n) is 2.48. The van der Waals surface area contributed by atoms with Crippen LogP contribution in [0.1, 0.15) is 12.8 Å².